The molecule has 0 aliphatic heterocycles. The minimum atomic E-state index is 0.765. The van der Waals surface area contributed by atoms with Gasteiger partial charge >= 0.3 is 0 Å². The molecule has 0 bridgehead atoms. The van der Waals surface area contributed by atoms with Crippen LogP contribution < -0.4 is 0 Å². The number of nitrogens with one attached hydrogen (secondary N) is 1. The summed E-state index contributed by atoms with van der Waals surface area (Å²) in [5.74, 6) is 0.816. The molecule has 30 heavy (non-hydrogen) atoms. The maximum Gasteiger partial charge on any atom is 0.137 e. The summed E-state index contributed by atoms with van der Waals surface area (Å²) < 4.78 is 0. The lowest BCUT2D eigenvalue weighted by molar-refractivity contribution is 0.499. The van der Waals surface area contributed by atoms with Crippen LogP contribution in [0, 0.1) is 5.41 Å². The average molecular weight is 398 g/mol. The van der Waals surface area contributed by atoms with E-state index in [0.29, 0.717) is 0 Å². The highest BCUT2D eigenvalue weighted by molar-refractivity contribution is 6.02. The zero-order chi connectivity index (χ0) is 21.2. The highest BCUT2D eigenvalue weighted by atomic mass is 15.2. The first-order valence-electron chi connectivity index (χ1n) is 10.6. The van der Waals surface area contributed by atoms with Gasteiger partial charge in [-0.1, -0.05) is 72.8 Å². The number of aliphatic imine (C=N–C) groups is 1. The Morgan fingerprint density at radius 3 is 2.53 bits per heavy atom. The van der Waals surface area contributed by atoms with Gasteiger partial charge in [-0.3, -0.25) is 5.41 Å². The number of benzene rings is 2. The van der Waals surface area contributed by atoms with E-state index in [1.54, 1.807) is 0 Å². The van der Waals surface area contributed by atoms with Crippen molar-refractivity contribution >= 4 is 17.7 Å². The molecule has 0 heterocycles. The van der Waals surface area contributed by atoms with E-state index in [1.165, 1.54) is 35.1 Å². The predicted molar refractivity (Wildman–Crippen MR) is 129 cm³/mol. The Morgan fingerprint density at radius 2 is 1.87 bits per heavy atom. The Kier molecular flexibility index (Phi) is 7.96. The van der Waals surface area contributed by atoms with Gasteiger partial charge < -0.3 is 4.90 Å². The molecule has 0 fully saturated rings. The van der Waals surface area contributed by atoms with Gasteiger partial charge in [-0.25, -0.2) is 4.99 Å². The van der Waals surface area contributed by atoms with Crippen LogP contribution in [0.2, 0.25) is 0 Å². The normalized spacial score (nSPS) is 13.2. The molecular formula is C27H31N3. The first-order valence-corrected chi connectivity index (χ1v) is 10.6. The van der Waals surface area contributed by atoms with Crippen LogP contribution in [0.5, 0.6) is 0 Å². The zero-order valence-corrected chi connectivity index (χ0v) is 17.8. The number of unbranched alkanes of at least 4 members (excludes halogenated alkanes) is 2. The van der Waals surface area contributed by atoms with Crippen molar-refractivity contribution in [2.24, 2.45) is 4.99 Å². The molecule has 154 valence electrons. The van der Waals surface area contributed by atoms with Crippen molar-refractivity contribution in [2.75, 3.05) is 7.05 Å². The number of allylic oxidation sites excluding steroid dienone is 5. The molecule has 0 spiro atoms. The second-order valence-corrected chi connectivity index (χ2v) is 7.64. The molecule has 0 saturated heterocycles. The van der Waals surface area contributed by atoms with Gasteiger partial charge in [-0.15, -0.1) is 6.58 Å². The van der Waals surface area contributed by atoms with Gasteiger partial charge in [0.25, 0.3) is 0 Å². The summed E-state index contributed by atoms with van der Waals surface area (Å²) in [6, 6.07) is 17.1. The third kappa shape index (κ3) is 5.66. The standard InChI is InChI=1S/C27H31N3/c1-3-4-5-6-11-23-14-9-10-15-26(23)20-30(2)27(29-21-28)25-18-16-24(17-19-25)22-12-7-8-13-22/h3,7-10,12,14-19,21,28H,1,4-6,11,13,20H2,2H3. The van der Waals surface area contributed by atoms with Gasteiger partial charge in [0.05, 0.1) is 0 Å². The summed E-state index contributed by atoms with van der Waals surface area (Å²) in [5.41, 5.74) is 6.31. The number of aryl methyl sites for hydroxylation is 1. The van der Waals surface area contributed by atoms with Crippen LogP contribution in [0.4, 0.5) is 0 Å². The van der Waals surface area contributed by atoms with Crippen molar-refractivity contribution in [1.29, 1.82) is 5.41 Å². The van der Waals surface area contributed by atoms with Crippen molar-refractivity contribution < 1.29 is 0 Å². The minimum absolute atomic E-state index is 0.765. The molecule has 0 amide bonds. The monoisotopic (exact) mass is 397 g/mol. The summed E-state index contributed by atoms with van der Waals surface area (Å²) in [7, 11) is 2.05. The fourth-order valence-corrected chi connectivity index (χ4v) is 3.84. The molecule has 2 aromatic rings. The Hall–Kier alpha value is -3.20. The van der Waals surface area contributed by atoms with Gasteiger partial charge in [-0.05, 0) is 54.4 Å². The average Bonchev–Trinajstić information content (AvgIpc) is 3.31. The van der Waals surface area contributed by atoms with Crippen molar-refractivity contribution in [3.05, 3.63) is 102 Å². The van der Waals surface area contributed by atoms with Crippen LogP contribution in [0.25, 0.3) is 5.57 Å². The Morgan fingerprint density at radius 1 is 1.10 bits per heavy atom. The minimum Gasteiger partial charge on any atom is -0.355 e. The third-order valence-corrected chi connectivity index (χ3v) is 5.46. The largest absolute Gasteiger partial charge is 0.355 e. The quantitative estimate of drug-likeness (QED) is 0.214. The predicted octanol–water partition coefficient (Wildman–Crippen LogP) is 6.41. The van der Waals surface area contributed by atoms with Crippen LogP contribution in [0.1, 0.15) is 47.9 Å². The molecular weight excluding hydrogens is 366 g/mol. The maximum absolute atomic E-state index is 7.54. The molecule has 1 N–H and O–H groups in total. The summed E-state index contributed by atoms with van der Waals surface area (Å²) in [5, 5.41) is 7.54. The van der Waals surface area contributed by atoms with Crippen LogP contribution in [0.15, 0.2) is 84.4 Å². The van der Waals surface area contributed by atoms with E-state index in [9.17, 15) is 0 Å². The summed E-state index contributed by atoms with van der Waals surface area (Å²) in [6.07, 6.45) is 15.0. The smallest absolute Gasteiger partial charge is 0.137 e. The van der Waals surface area contributed by atoms with E-state index < -0.39 is 0 Å². The lowest BCUT2D eigenvalue weighted by Gasteiger charge is -2.23. The molecule has 1 aliphatic carbocycles. The van der Waals surface area contributed by atoms with Gasteiger partial charge in [0.2, 0.25) is 0 Å². The second kappa shape index (κ2) is 11.1. The number of rotatable bonds is 10. The molecule has 3 heteroatoms. The van der Waals surface area contributed by atoms with E-state index >= 15 is 0 Å². The van der Waals surface area contributed by atoms with E-state index in [1.807, 2.05) is 13.1 Å². The molecule has 0 aromatic heterocycles. The van der Waals surface area contributed by atoms with Crippen LogP contribution in [-0.2, 0) is 13.0 Å². The molecule has 2 aromatic carbocycles. The van der Waals surface area contributed by atoms with Crippen molar-refractivity contribution in [3.8, 4) is 0 Å². The Bertz CT molecular complexity index is 948. The van der Waals surface area contributed by atoms with Crippen LogP contribution in [0.3, 0.4) is 0 Å². The van der Waals surface area contributed by atoms with E-state index in [4.69, 9.17) is 5.41 Å². The molecule has 0 saturated carbocycles. The molecule has 0 atom stereocenters. The zero-order valence-electron chi connectivity index (χ0n) is 17.8. The molecule has 0 unspecified atom stereocenters. The fraction of sp³-hybridized carbons (Fsp3) is 0.259. The number of nitrogens with zero attached hydrogens (tertiary/aromatic N) is 2. The van der Waals surface area contributed by atoms with Gasteiger partial charge in [0.1, 0.15) is 12.2 Å². The Balaban J connectivity index is 1.73. The van der Waals surface area contributed by atoms with Crippen molar-refractivity contribution in [1.82, 2.24) is 4.90 Å². The molecule has 0 radical (unpaired) electrons. The van der Waals surface area contributed by atoms with Gasteiger partial charge in [0, 0.05) is 19.2 Å². The molecule has 1 aliphatic rings. The van der Waals surface area contributed by atoms with E-state index in [-0.39, 0.29) is 0 Å². The highest BCUT2D eigenvalue weighted by Gasteiger charge is 2.13. The first-order chi connectivity index (χ1) is 14.7. The second-order valence-electron chi connectivity index (χ2n) is 7.64. The number of hydrogen-bond donors (Lipinski definition) is 1. The number of amidine groups is 1. The summed E-state index contributed by atoms with van der Waals surface area (Å²) >= 11 is 0. The fourth-order valence-electron chi connectivity index (χ4n) is 3.84. The lowest BCUT2D eigenvalue weighted by atomic mass is 10.00. The van der Waals surface area contributed by atoms with Gasteiger partial charge in [0.15, 0.2) is 0 Å². The van der Waals surface area contributed by atoms with E-state index in [0.717, 1.165) is 43.5 Å². The summed E-state index contributed by atoms with van der Waals surface area (Å²) in [4.78, 5) is 6.52. The number of hydrogen-bond acceptors (Lipinski definition) is 1. The van der Waals surface area contributed by atoms with Gasteiger partial charge in [-0.2, -0.15) is 0 Å². The van der Waals surface area contributed by atoms with Crippen molar-refractivity contribution in [3.63, 3.8) is 0 Å². The SMILES string of the molecule is C=CCCCCc1ccccc1CN(C)C(=NC=N)c1ccc(C2=CC=CC2)cc1. The van der Waals surface area contributed by atoms with Crippen LogP contribution in [-0.4, -0.2) is 24.1 Å². The third-order valence-electron chi connectivity index (χ3n) is 5.46. The van der Waals surface area contributed by atoms with Crippen LogP contribution >= 0.6 is 0 Å². The lowest BCUT2D eigenvalue weighted by Crippen LogP contribution is -2.28. The van der Waals surface area contributed by atoms with Crippen molar-refractivity contribution in [2.45, 2.75) is 38.6 Å². The molecule has 3 nitrogen and oxygen atoms in total. The Labute approximate surface area is 180 Å². The maximum atomic E-state index is 7.54. The highest BCUT2D eigenvalue weighted by Crippen LogP contribution is 2.24. The van der Waals surface area contributed by atoms with E-state index in [2.05, 4.69) is 83.2 Å². The summed E-state index contributed by atoms with van der Waals surface area (Å²) in [6.45, 7) is 4.58. The topological polar surface area (TPSA) is 39.5 Å². The molecule has 3 rings (SSSR count). The first kappa shape index (κ1) is 21.5.